The fraction of sp³-hybridized carbons (Fsp3) is 0.122. The summed E-state index contributed by atoms with van der Waals surface area (Å²) in [6, 6.07) is 50.3. The molecule has 7 aromatic rings. The molecule has 0 saturated carbocycles. The molecule has 6 aromatic carbocycles. The van der Waals surface area contributed by atoms with E-state index in [4.69, 9.17) is 0 Å². The molecule has 1 aromatic heterocycles. The van der Waals surface area contributed by atoms with Crippen LogP contribution in [0.4, 0.5) is 0 Å². The molecule has 1 spiro atoms. The number of aromatic nitrogens is 1. The molecular weight excluding hydrogens is 506 g/mol. The van der Waals surface area contributed by atoms with Gasteiger partial charge < -0.3 is 4.57 Å². The molecular formula is C41H31N. The van der Waals surface area contributed by atoms with Crippen LogP contribution in [0.3, 0.4) is 0 Å². The molecule has 0 bridgehead atoms. The van der Waals surface area contributed by atoms with Gasteiger partial charge in [0.05, 0.1) is 22.1 Å². The molecule has 2 heterocycles. The fourth-order valence-electron chi connectivity index (χ4n) is 8.01. The largest absolute Gasteiger partial charge is 0.309 e. The summed E-state index contributed by atoms with van der Waals surface area (Å²) in [6.07, 6.45) is 0. The van der Waals surface area contributed by atoms with Gasteiger partial charge in [0.25, 0.3) is 0 Å². The van der Waals surface area contributed by atoms with Crippen LogP contribution < -0.4 is 0 Å². The van der Waals surface area contributed by atoms with Crippen LogP contribution in [-0.4, -0.2) is 4.57 Å². The van der Waals surface area contributed by atoms with Gasteiger partial charge in [-0.25, -0.2) is 0 Å². The van der Waals surface area contributed by atoms with E-state index in [1.165, 1.54) is 77.6 Å². The van der Waals surface area contributed by atoms with Crippen LogP contribution >= 0.6 is 0 Å². The normalized spacial score (nSPS) is 16.5. The van der Waals surface area contributed by atoms with Crippen molar-refractivity contribution in [1.29, 1.82) is 0 Å². The van der Waals surface area contributed by atoms with E-state index in [1.54, 1.807) is 0 Å². The Balaban J connectivity index is 1.48. The van der Waals surface area contributed by atoms with Crippen LogP contribution in [0.5, 0.6) is 0 Å². The Bertz CT molecular complexity index is 2220. The van der Waals surface area contributed by atoms with Gasteiger partial charge >= 0.3 is 0 Å². The van der Waals surface area contributed by atoms with Crippen LogP contribution in [0.2, 0.25) is 0 Å². The van der Waals surface area contributed by atoms with E-state index in [0.717, 1.165) is 0 Å². The van der Waals surface area contributed by atoms with Crippen molar-refractivity contribution in [3.8, 4) is 27.9 Å². The molecule has 0 radical (unpaired) electrons. The summed E-state index contributed by atoms with van der Waals surface area (Å²) in [5.74, 6) is 0. The lowest BCUT2D eigenvalue weighted by molar-refractivity contribution is 0.590. The highest BCUT2D eigenvalue weighted by atomic mass is 15.0. The third-order valence-electron chi connectivity index (χ3n) is 9.77. The van der Waals surface area contributed by atoms with Crippen molar-refractivity contribution in [2.45, 2.75) is 31.6 Å². The van der Waals surface area contributed by atoms with Gasteiger partial charge in [0.2, 0.25) is 0 Å². The molecule has 1 aliphatic carbocycles. The number of fused-ring (bicyclic) bond motifs is 12. The number of rotatable bonds is 1. The zero-order valence-corrected chi connectivity index (χ0v) is 24.1. The number of nitrogens with zero attached hydrogens (tertiary/aromatic N) is 1. The minimum absolute atomic E-state index is 0.111. The predicted octanol–water partition coefficient (Wildman–Crippen LogP) is 10.4. The van der Waals surface area contributed by atoms with Crippen LogP contribution in [-0.2, 0) is 10.8 Å². The van der Waals surface area contributed by atoms with Gasteiger partial charge in [-0.2, -0.15) is 0 Å². The Morgan fingerprint density at radius 3 is 1.95 bits per heavy atom. The molecule has 1 nitrogen and oxygen atoms in total. The number of benzene rings is 6. The summed E-state index contributed by atoms with van der Waals surface area (Å²) in [6.45, 7) is 6.85. The summed E-state index contributed by atoms with van der Waals surface area (Å²) in [5, 5.41) is 2.62. The maximum atomic E-state index is 2.52. The predicted molar refractivity (Wildman–Crippen MR) is 176 cm³/mol. The fourth-order valence-corrected chi connectivity index (χ4v) is 8.01. The summed E-state index contributed by atoms with van der Waals surface area (Å²) in [5.41, 5.74) is 15.6. The highest BCUT2D eigenvalue weighted by Crippen LogP contribution is 2.62. The molecule has 42 heavy (non-hydrogen) atoms. The van der Waals surface area contributed by atoms with Crippen LogP contribution in [0.25, 0.3) is 49.7 Å². The van der Waals surface area contributed by atoms with E-state index >= 15 is 0 Å². The van der Waals surface area contributed by atoms with Crippen molar-refractivity contribution in [2.24, 2.45) is 0 Å². The minimum atomic E-state index is -0.439. The second kappa shape index (κ2) is 8.11. The molecule has 0 saturated heterocycles. The summed E-state index contributed by atoms with van der Waals surface area (Å²) < 4.78 is 2.52. The van der Waals surface area contributed by atoms with Gasteiger partial charge in [0, 0.05) is 10.8 Å². The highest BCUT2D eigenvalue weighted by molar-refractivity contribution is 6.13. The monoisotopic (exact) mass is 537 g/mol. The molecule has 2 aliphatic rings. The van der Waals surface area contributed by atoms with E-state index in [1.807, 2.05) is 0 Å². The van der Waals surface area contributed by atoms with Crippen molar-refractivity contribution >= 4 is 21.8 Å². The van der Waals surface area contributed by atoms with Crippen LogP contribution in [0, 0.1) is 0 Å². The van der Waals surface area contributed by atoms with Crippen molar-refractivity contribution in [3.05, 3.63) is 161 Å². The second-order valence-corrected chi connectivity index (χ2v) is 12.9. The molecule has 0 fully saturated rings. The minimum Gasteiger partial charge on any atom is -0.309 e. The summed E-state index contributed by atoms with van der Waals surface area (Å²) >= 11 is 0. The first-order valence-electron chi connectivity index (χ1n) is 15.0. The number of hydrogen-bond donors (Lipinski definition) is 0. The van der Waals surface area contributed by atoms with Crippen molar-refractivity contribution in [3.63, 3.8) is 0 Å². The first kappa shape index (κ1) is 23.8. The van der Waals surface area contributed by atoms with Crippen molar-refractivity contribution in [2.75, 3.05) is 0 Å². The van der Waals surface area contributed by atoms with Crippen LogP contribution in [0.15, 0.2) is 133 Å². The third-order valence-corrected chi connectivity index (χ3v) is 9.77. The van der Waals surface area contributed by atoms with Gasteiger partial charge in [-0.05, 0) is 67.6 Å². The van der Waals surface area contributed by atoms with E-state index in [-0.39, 0.29) is 5.41 Å². The Kier molecular flexibility index (Phi) is 4.59. The Labute approximate surface area is 246 Å². The summed E-state index contributed by atoms with van der Waals surface area (Å²) in [7, 11) is 0. The van der Waals surface area contributed by atoms with Gasteiger partial charge in [-0.3, -0.25) is 0 Å². The first-order chi connectivity index (χ1) is 20.5. The molecule has 0 N–H and O–H groups in total. The van der Waals surface area contributed by atoms with E-state index in [0.29, 0.717) is 0 Å². The lowest BCUT2D eigenvalue weighted by Gasteiger charge is -2.40. The number of para-hydroxylation sites is 3. The Morgan fingerprint density at radius 2 is 1.12 bits per heavy atom. The molecule has 1 unspecified atom stereocenters. The zero-order valence-electron chi connectivity index (χ0n) is 24.1. The number of hydrogen-bond acceptors (Lipinski definition) is 0. The van der Waals surface area contributed by atoms with Gasteiger partial charge in [0.1, 0.15) is 0 Å². The SMILES string of the molecule is CC(C)(C)c1ccc(-c2cccc3c2C2(c4ccccc4-3)c3ccccc3-n3c4ccccc4c4cccc2c43)cc1. The Hall–Kier alpha value is -4.88. The van der Waals surface area contributed by atoms with E-state index in [2.05, 4.69) is 159 Å². The van der Waals surface area contributed by atoms with E-state index in [9.17, 15) is 0 Å². The topological polar surface area (TPSA) is 4.93 Å². The molecule has 0 amide bonds. The average molecular weight is 538 g/mol. The smallest absolute Gasteiger partial charge is 0.0760 e. The van der Waals surface area contributed by atoms with Gasteiger partial charge in [-0.1, -0.05) is 142 Å². The van der Waals surface area contributed by atoms with Gasteiger partial charge in [-0.15, -0.1) is 0 Å². The second-order valence-electron chi connectivity index (χ2n) is 12.9. The van der Waals surface area contributed by atoms with Gasteiger partial charge in [0.15, 0.2) is 0 Å². The third kappa shape index (κ3) is 2.83. The maximum absolute atomic E-state index is 2.52. The van der Waals surface area contributed by atoms with Crippen LogP contribution in [0.1, 0.15) is 48.6 Å². The molecule has 1 atom stereocenters. The highest BCUT2D eigenvalue weighted by Gasteiger charge is 2.51. The maximum Gasteiger partial charge on any atom is 0.0760 e. The standard InChI is InChI=1S/C41H31N/c1-40(2,3)27-24-22-26(23-25-27)28-14-10-15-31-29-12-4-6-17-33(29)41(38(28)31)34-18-7-9-21-37(34)42-36-20-8-5-13-30(36)32-16-11-19-35(41)39(32)42/h4-25H,1-3H3. The molecule has 1 heteroatoms. The zero-order chi connectivity index (χ0) is 28.2. The average Bonchev–Trinajstić information content (AvgIpc) is 3.52. The van der Waals surface area contributed by atoms with Crippen molar-refractivity contribution in [1.82, 2.24) is 4.57 Å². The lowest BCUT2D eigenvalue weighted by atomic mass is 9.64. The first-order valence-corrected chi connectivity index (χ1v) is 15.0. The molecule has 9 rings (SSSR count). The lowest BCUT2D eigenvalue weighted by Crippen LogP contribution is -2.34. The molecule has 200 valence electrons. The van der Waals surface area contributed by atoms with E-state index < -0.39 is 5.41 Å². The Morgan fingerprint density at radius 1 is 0.500 bits per heavy atom. The quantitative estimate of drug-likeness (QED) is 0.196. The molecule has 1 aliphatic heterocycles. The summed E-state index contributed by atoms with van der Waals surface area (Å²) in [4.78, 5) is 0. The van der Waals surface area contributed by atoms with Crippen molar-refractivity contribution < 1.29 is 0 Å².